The molecule has 1 heterocycles. The Hall–Kier alpha value is 0.430. The number of halogens is 2. The Kier molecular flexibility index (Phi) is 6.66. The third-order valence-electron chi connectivity index (χ3n) is 3.10. The summed E-state index contributed by atoms with van der Waals surface area (Å²) >= 11 is 11.2. The minimum Gasteiger partial charge on any atom is -0.315 e. The Morgan fingerprint density at radius 2 is 2.06 bits per heavy atom. The van der Waals surface area contributed by atoms with Crippen LogP contribution in [0.1, 0.15) is 45.4 Å². The Morgan fingerprint density at radius 3 is 2.56 bits per heavy atom. The average Bonchev–Trinajstić information content (AvgIpc) is 2.55. The largest absolute Gasteiger partial charge is 0.315 e. The molecule has 0 aliphatic carbocycles. The number of rotatable bonds is 7. The van der Waals surface area contributed by atoms with Crippen molar-refractivity contribution in [1.82, 2.24) is 5.32 Å². The molecule has 0 bridgehead atoms. The molecule has 0 radical (unpaired) electrons. The lowest BCUT2D eigenvalue weighted by Gasteiger charge is -2.25. The predicted octanol–water partition coefficient (Wildman–Crippen LogP) is 5.51. The first-order valence-corrected chi connectivity index (χ1v) is 8.46. The molecule has 0 unspecified atom stereocenters. The molecule has 1 N–H and O–H groups in total. The van der Waals surface area contributed by atoms with Crippen LogP contribution in [-0.2, 0) is 6.42 Å². The molecule has 1 aromatic heterocycles. The smallest absolute Gasteiger partial charge is 0.107 e. The summed E-state index contributed by atoms with van der Waals surface area (Å²) in [5.74, 6) is 0. The lowest BCUT2D eigenvalue weighted by molar-refractivity contribution is 0.299. The monoisotopic (exact) mass is 351 g/mol. The Labute approximate surface area is 128 Å². The number of nitrogens with one attached hydrogen (secondary N) is 1. The molecule has 4 heteroatoms. The van der Waals surface area contributed by atoms with Gasteiger partial charge in [0.15, 0.2) is 0 Å². The van der Waals surface area contributed by atoms with Crippen LogP contribution >= 0.6 is 38.9 Å². The van der Waals surface area contributed by atoms with E-state index in [1.54, 1.807) is 11.3 Å². The van der Waals surface area contributed by atoms with E-state index < -0.39 is 0 Å². The van der Waals surface area contributed by atoms with Gasteiger partial charge in [-0.2, -0.15) is 0 Å². The SMILES string of the molecule is CC(C)NCCC(C)(C)CCc1cc(Br)c(Cl)s1. The second kappa shape index (κ2) is 7.28. The van der Waals surface area contributed by atoms with Gasteiger partial charge in [0.2, 0.25) is 0 Å². The molecular weight excluding hydrogens is 330 g/mol. The van der Waals surface area contributed by atoms with Gasteiger partial charge in [0.1, 0.15) is 4.34 Å². The highest BCUT2D eigenvalue weighted by Crippen LogP contribution is 2.35. The summed E-state index contributed by atoms with van der Waals surface area (Å²) in [6, 6.07) is 2.72. The van der Waals surface area contributed by atoms with Crippen LogP contribution in [0.2, 0.25) is 4.34 Å². The summed E-state index contributed by atoms with van der Waals surface area (Å²) < 4.78 is 1.90. The Morgan fingerprint density at radius 1 is 1.39 bits per heavy atom. The lowest BCUT2D eigenvalue weighted by atomic mass is 9.84. The van der Waals surface area contributed by atoms with E-state index in [4.69, 9.17) is 11.6 Å². The van der Waals surface area contributed by atoms with Gasteiger partial charge in [-0.25, -0.2) is 0 Å². The molecule has 1 nitrogen and oxygen atoms in total. The second-order valence-electron chi connectivity index (χ2n) is 5.86. The van der Waals surface area contributed by atoms with Crippen LogP contribution in [0.3, 0.4) is 0 Å². The first-order chi connectivity index (χ1) is 8.30. The van der Waals surface area contributed by atoms with Crippen molar-refractivity contribution in [1.29, 1.82) is 0 Å². The number of hydrogen-bond donors (Lipinski definition) is 1. The lowest BCUT2D eigenvalue weighted by Crippen LogP contribution is -2.27. The third kappa shape index (κ3) is 6.05. The van der Waals surface area contributed by atoms with Gasteiger partial charge in [0, 0.05) is 15.4 Å². The quantitative estimate of drug-likeness (QED) is 0.682. The molecule has 0 saturated heterocycles. The van der Waals surface area contributed by atoms with Crippen molar-refractivity contribution in [2.75, 3.05) is 6.54 Å². The summed E-state index contributed by atoms with van der Waals surface area (Å²) in [6.45, 7) is 10.2. The molecule has 18 heavy (non-hydrogen) atoms. The van der Waals surface area contributed by atoms with E-state index in [-0.39, 0.29) is 0 Å². The molecule has 0 saturated carbocycles. The fraction of sp³-hybridized carbons (Fsp3) is 0.714. The summed E-state index contributed by atoms with van der Waals surface area (Å²) in [6.07, 6.45) is 3.53. The molecule has 0 fully saturated rings. The zero-order valence-corrected chi connectivity index (χ0v) is 14.8. The number of aryl methyl sites for hydroxylation is 1. The zero-order chi connectivity index (χ0) is 13.8. The molecule has 0 amide bonds. The topological polar surface area (TPSA) is 12.0 Å². The molecule has 104 valence electrons. The maximum atomic E-state index is 6.06. The van der Waals surface area contributed by atoms with Crippen molar-refractivity contribution in [3.63, 3.8) is 0 Å². The Bertz CT molecular complexity index is 354. The van der Waals surface area contributed by atoms with E-state index in [0.29, 0.717) is 11.5 Å². The molecule has 1 rings (SSSR count). The number of thiophene rings is 1. The molecular formula is C14H23BrClNS. The van der Waals surface area contributed by atoms with E-state index >= 15 is 0 Å². The van der Waals surface area contributed by atoms with Crippen LogP contribution in [-0.4, -0.2) is 12.6 Å². The van der Waals surface area contributed by atoms with Crippen molar-refractivity contribution < 1.29 is 0 Å². The maximum absolute atomic E-state index is 6.06. The van der Waals surface area contributed by atoms with Gasteiger partial charge in [-0.15, -0.1) is 11.3 Å². The van der Waals surface area contributed by atoms with Gasteiger partial charge in [0.05, 0.1) is 0 Å². The highest BCUT2D eigenvalue weighted by atomic mass is 79.9. The van der Waals surface area contributed by atoms with Crippen molar-refractivity contribution in [3.8, 4) is 0 Å². The average molecular weight is 353 g/mol. The van der Waals surface area contributed by atoms with Crippen molar-refractivity contribution in [2.24, 2.45) is 5.41 Å². The maximum Gasteiger partial charge on any atom is 0.107 e. The van der Waals surface area contributed by atoms with Crippen molar-refractivity contribution >= 4 is 38.9 Å². The van der Waals surface area contributed by atoms with Crippen LogP contribution in [0.25, 0.3) is 0 Å². The van der Waals surface area contributed by atoms with E-state index in [9.17, 15) is 0 Å². The second-order valence-corrected chi connectivity index (χ2v) is 8.45. The van der Waals surface area contributed by atoms with Gasteiger partial charge in [0.25, 0.3) is 0 Å². The molecule has 0 aromatic carbocycles. The van der Waals surface area contributed by atoms with Crippen LogP contribution < -0.4 is 5.32 Å². The van der Waals surface area contributed by atoms with Crippen LogP contribution in [0.5, 0.6) is 0 Å². The first-order valence-electron chi connectivity index (χ1n) is 6.47. The van der Waals surface area contributed by atoms with Crippen molar-refractivity contribution in [3.05, 3.63) is 19.8 Å². The number of hydrogen-bond acceptors (Lipinski definition) is 2. The van der Waals surface area contributed by atoms with Gasteiger partial charge < -0.3 is 5.32 Å². The summed E-state index contributed by atoms with van der Waals surface area (Å²) in [5, 5.41) is 3.49. The summed E-state index contributed by atoms with van der Waals surface area (Å²) in [4.78, 5) is 1.37. The van der Waals surface area contributed by atoms with Gasteiger partial charge >= 0.3 is 0 Å². The van der Waals surface area contributed by atoms with Crippen LogP contribution in [0.15, 0.2) is 10.5 Å². The first kappa shape index (κ1) is 16.5. The van der Waals surface area contributed by atoms with Crippen molar-refractivity contribution in [2.45, 2.75) is 53.0 Å². The normalized spacial score (nSPS) is 12.4. The van der Waals surface area contributed by atoms with Gasteiger partial charge in [-0.05, 0) is 53.2 Å². The van der Waals surface area contributed by atoms with E-state index in [1.165, 1.54) is 17.7 Å². The Balaban J connectivity index is 2.36. The molecule has 0 atom stereocenters. The summed E-state index contributed by atoms with van der Waals surface area (Å²) in [7, 11) is 0. The minimum atomic E-state index is 0.380. The fourth-order valence-corrected chi connectivity index (χ4v) is 3.59. The highest BCUT2D eigenvalue weighted by Gasteiger charge is 2.18. The van der Waals surface area contributed by atoms with E-state index in [1.807, 2.05) is 0 Å². The van der Waals surface area contributed by atoms with Crippen LogP contribution in [0.4, 0.5) is 0 Å². The van der Waals surface area contributed by atoms with Gasteiger partial charge in [-0.1, -0.05) is 39.3 Å². The molecule has 0 aliphatic rings. The summed E-state index contributed by atoms with van der Waals surface area (Å²) in [5.41, 5.74) is 0.380. The molecule has 1 aromatic rings. The standard InChI is InChI=1S/C14H23BrClNS/c1-10(2)17-8-7-14(3,4)6-5-11-9-12(15)13(16)18-11/h9-10,17H,5-8H2,1-4H3. The van der Waals surface area contributed by atoms with Gasteiger partial charge in [-0.3, -0.25) is 0 Å². The van der Waals surface area contributed by atoms with Crippen LogP contribution in [0, 0.1) is 5.41 Å². The highest BCUT2D eigenvalue weighted by molar-refractivity contribution is 9.10. The molecule has 0 aliphatic heterocycles. The third-order valence-corrected chi connectivity index (χ3v) is 5.63. The fourth-order valence-electron chi connectivity index (χ4n) is 1.80. The predicted molar refractivity (Wildman–Crippen MR) is 86.9 cm³/mol. The minimum absolute atomic E-state index is 0.380. The van der Waals surface area contributed by atoms with E-state index in [0.717, 1.165) is 21.8 Å². The molecule has 0 spiro atoms. The zero-order valence-electron chi connectivity index (χ0n) is 11.6. The van der Waals surface area contributed by atoms with E-state index in [2.05, 4.69) is 55.0 Å².